The van der Waals surface area contributed by atoms with Gasteiger partial charge in [0.1, 0.15) is 6.04 Å². The monoisotopic (exact) mass is 247 g/mol. The largest absolute Gasteiger partial charge is 0.368 e. The van der Waals surface area contributed by atoms with Gasteiger partial charge in [-0.3, -0.25) is 4.79 Å². The number of amides is 1. The Bertz CT molecular complexity index is 445. The van der Waals surface area contributed by atoms with Crippen LogP contribution < -0.4 is 16.4 Å². The smallest absolute Gasteiger partial charge is 0.240 e. The van der Waals surface area contributed by atoms with Crippen LogP contribution in [-0.4, -0.2) is 18.5 Å². The molecule has 2 rings (SSSR count). The van der Waals surface area contributed by atoms with Crippen LogP contribution in [0.4, 0.5) is 5.69 Å². The summed E-state index contributed by atoms with van der Waals surface area (Å²) in [5.41, 5.74) is 14.7. The molecule has 1 aromatic carbocycles. The van der Waals surface area contributed by atoms with Gasteiger partial charge in [-0.2, -0.15) is 0 Å². The predicted molar refractivity (Wildman–Crippen MR) is 73.2 cm³/mol. The molecule has 1 aliphatic rings. The highest BCUT2D eigenvalue weighted by molar-refractivity contribution is 5.84. The number of carbonyl (C=O) groups excluding carboxylic acids is 1. The second-order valence-electron chi connectivity index (χ2n) is 4.89. The van der Waals surface area contributed by atoms with Crippen LogP contribution in [0.2, 0.25) is 0 Å². The molecule has 1 fully saturated rings. The molecule has 1 saturated heterocycles. The third-order valence-electron chi connectivity index (χ3n) is 3.66. The zero-order valence-electron chi connectivity index (χ0n) is 10.9. The van der Waals surface area contributed by atoms with Gasteiger partial charge < -0.3 is 16.4 Å². The second kappa shape index (κ2) is 5.40. The zero-order chi connectivity index (χ0) is 13.1. The molecule has 0 saturated carbocycles. The summed E-state index contributed by atoms with van der Waals surface area (Å²) in [6.45, 7) is 3.42. The molecule has 4 N–H and O–H groups in total. The maximum atomic E-state index is 11.6. The normalized spacial score (nSPS) is 19.9. The van der Waals surface area contributed by atoms with Gasteiger partial charge in [-0.25, -0.2) is 0 Å². The van der Waals surface area contributed by atoms with E-state index in [2.05, 4.69) is 17.9 Å². The highest BCUT2D eigenvalue weighted by Gasteiger charge is 2.28. The predicted octanol–water partition coefficient (Wildman–Crippen LogP) is 1.30. The maximum Gasteiger partial charge on any atom is 0.240 e. The lowest BCUT2D eigenvalue weighted by Gasteiger charge is -2.37. The molecule has 1 heterocycles. The van der Waals surface area contributed by atoms with Crippen LogP contribution in [0.1, 0.15) is 30.4 Å². The fourth-order valence-electron chi connectivity index (χ4n) is 2.79. The van der Waals surface area contributed by atoms with Crippen molar-refractivity contribution in [3.63, 3.8) is 0 Å². The Morgan fingerprint density at radius 3 is 2.89 bits per heavy atom. The van der Waals surface area contributed by atoms with E-state index < -0.39 is 0 Å². The minimum absolute atomic E-state index is 0.190. The van der Waals surface area contributed by atoms with Gasteiger partial charge in [-0.1, -0.05) is 18.2 Å². The van der Waals surface area contributed by atoms with E-state index >= 15 is 0 Å². The van der Waals surface area contributed by atoms with Crippen LogP contribution in [0.3, 0.4) is 0 Å². The number of benzene rings is 1. The summed E-state index contributed by atoms with van der Waals surface area (Å²) in [7, 11) is 0. The number of hydrogen-bond donors (Lipinski definition) is 2. The lowest BCUT2D eigenvalue weighted by atomic mass is 9.97. The third-order valence-corrected chi connectivity index (χ3v) is 3.66. The number of hydrogen-bond acceptors (Lipinski definition) is 3. The highest BCUT2D eigenvalue weighted by atomic mass is 16.1. The van der Waals surface area contributed by atoms with Gasteiger partial charge in [0.05, 0.1) is 0 Å². The number of aryl methyl sites for hydroxylation is 1. The first kappa shape index (κ1) is 12.9. The van der Waals surface area contributed by atoms with Crippen LogP contribution in [-0.2, 0) is 11.3 Å². The van der Waals surface area contributed by atoms with Crippen molar-refractivity contribution in [2.24, 2.45) is 11.5 Å². The van der Waals surface area contributed by atoms with E-state index in [1.165, 1.54) is 0 Å². The molecule has 1 aromatic rings. The second-order valence-corrected chi connectivity index (χ2v) is 4.89. The van der Waals surface area contributed by atoms with Gasteiger partial charge in [0, 0.05) is 18.8 Å². The molecule has 0 aliphatic carbocycles. The van der Waals surface area contributed by atoms with Crippen LogP contribution >= 0.6 is 0 Å². The van der Waals surface area contributed by atoms with Crippen LogP contribution in [0.25, 0.3) is 0 Å². The van der Waals surface area contributed by atoms with Crippen molar-refractivity contribution in [2.75, 3.05) is 11.4 Å². The van der Waals surface area contributed by atoms with Gasteiger partial charge in [-0.05, 0) is 37.3 Å². The molecular formula is C14H21N3O. The van der Waals surface area contributed by atoms with E-state index in [0.717, 1.165) is 42.6 Å². The average Bonchev–Trinajstić information content (AvgIpc) is 2.38. The molecule has 1 unspecified atom stereocenters. The van der Waals surface area contributed by atoms with Crippen molar-refractivity contribution in [3.05, 3.63) is 29.3 Å². The summed E-state index contributed by atoms with van der Waals surface area (Å²) in [5, 5.41) is 0. The van der Waals surface area contributed by atoms with Crippen molar-refractivity contribution >= 4 is 11.6 Å². The zero-order valence-corrected chi connectivity index (χ0v) is 10.9. The van der Waals surface area contributed by atoms with E-state index in [9.17, 15) is 4.79 Å². The topological polar surface area (TPSA) is 72.3 Å². The lowest BCUT2D eigenvalue weighted by molar-refractivity contribution is -0.119. The molecule has 98 valence electrons. The summed E-state index contributed by atoms with van der Waals surface area (Å²) in [6.07, 6.45) is 3.00. The van der Waals surface area contributed by atoms with Crippen LogP contribution in [0.5, 0.6) is 0 Å². The van der Waals surface area contributed by atoms with E-state index in [-0.39, 0.29) is 11.9 Å². The SMILES string of the molecule is Cc1cccc(CN)c1N1CCCCC1C(N)=O. The molecule has 0 spiro atoms. The molecule has 0 bridgehead atoms. The number of primary amides is 1. The van der Waals surface area contributed by atoms with Gasteiger partial charge >= 0.3 is 0 Å². The summed E-state index contributed by atoms with van der Waals surface area (Å²) in [6, 6.07) is 5.89. The molecule has 1 amide bonds. The number of para-hydroxylation sites is 1. The number of nitrogens with zero attached hydrogens (tertiary/aromatic N) is 1. The number of piperidine rings is 1. The first-order valence-electron chi connectivity index (χ1n) is 6.49. The van der Waals surface area contributed by atoms with Gasteiger partial charge in [0.25, 0.3) is 0 Å². The Morgan fingerprint density at radius 2 is 2.22 bits per heavy atom. The number of rotatable bonds is 3. The van der Waals surface area contributed by atoms with Crippen molar-refractivity contribution in [3.8, 4) is 0 Å². The van der Waals surface area contributed by atoms with Gasteiger partial charge in [0.2, 0.25) is 5.91 Å². The molecule has 1 aliphatic heterocycles. The van der Waals surface area contributed by atoms with Gasteiger partial charge in [0.15, 0.2) is 0 Å². The fourth-order valence-corrected chi connectivity index (χ4v) is 2.79. The van der Waals surface area contributed by atoms with Crippen molar-refractivity contribution in [1.29, 1.82) is 0 Å². The Labute approximate surface area is 108 Å². The average molecular weight is 247 g/mol. The Kier molecular flexibility index (Phi) is 3.87. The van der Waals surface area contributed by atoms with E-state index in [1.807, 2.05) is 12.1 Å². The molecule has 1 atom stereocenters. The van der Waals surface area contributed by atoms with E-state index in [0.29, 0.717) is 6.54 Å². The Morgan fingerprint density at radius 1 is 1.44 bits per heavy atom. The van der Waals surface area contributed by atoms with E-state index in [1.54, 1.807) is 0 Å². The standard InChI is InChI=1S/C14H21N3O/c1-10-5-4-6-11(9-15)13(10)17-8-3-2-7-12(17)14(16)18/h4-6,12H,2-3,7-9,15H2,1H3,(H2,16,18). The lowest BCUT2D eigenvalue weighted by Crippen LogP contribution is -2.48. The summed E-state index contributed by atoms with van der Waals surface area (Å²) in [4.78, 5) is 13.7. The molecule has 4 heteroatoms. The van der Waals surface area contributed by atoms with Crippen molar-refractivity contribution in [1.82, 2.24) is 0 Å². The first-order valence-corrected chi connectivity index (χ1v) is 6.49. The molecular weight excluding hydrogens is 226 g/mol. The first-order chi connectivity index (χ1) is 8.65. The van der Waals surface area contributed by atoms with Crippen molar-refractivity contribution in [2.45, 2.75) is 38.8 Å². The van der Waals surface area contributed by atoms with Crippen LogP contribution in [0.15, 0.2) is 18.2 Å². The summed E-state index contributed by atoms with van der Waals surface area (Å²) in [5.74, 6) is -0.235. The quantitative estimate of drug-likeness (QED) is 0.845. The maximum absolute atomic E-state index is 11.6. The number of nitrogens with two attached hydrogens (primary N) is 2. The fraction of sp³-hybridized carbons (Fsp3) is 0.500. The summed E-state index contributed by atoms with van der Waals surface area (Å²) >= 11 is 0. The number of anilines is 1. The minimum Gasteiger partial charge on any atom is -0.368 e. The minimum atomic E-state index is -0.235. The Hall–Kier alpha value is -1.55. The highest BCUT2D eigenvalue weighted by Crippen LogP contribution is 2.30. The molecule has 18 heavy (non-hydrogen) atoms. The van der Waals surface area contributed by atoms with Gasteiger partial charge in [-0.15, -0.1) is 0 Å². The van der Waals surface area contributed by atoms with Crippen LogP contribution in [0, 0.1) is 6.92 Å². The van der Waals surface area contributed by atoms with E-state index in [4.69, 9.17) is 11.5 Å². The molecule has 4 nitrogen and oxygen atoms in total. The Balaban J connectivity index is 2.42. The number of carbonyl (C=O) groups is 1. The summed E-state index contributed by atoms with van der Waals surface area (Å²) < 4.78 is 0. The third kappa shape index (κ3) is 2.34. The van der Waals surface area contributed by atoms with Crippen molar-refractivity contribution < 1.29 is 4.79 Å². The molecule has 0 aromatic heterocycles. The molecule has 0 radical (unpaired) electrons.